The van der Waals surface area contributed by atoms with Gasteiger partial charge >= 0.3 is 0 Å². The Morgan fingerprint density at radius 2 is 2.33 bits per heavy atom. The molecule has 0 saturated heterocycles. The molecule has 18 heavy (non-hydrogen) atoms. The zero-order chi connectivity index (χ0) is 13.5. The maximum Gasteiger partial charge on any atom is 0.262 e. The Kier molecular flexibility index (Phi) is 6.07. The fraction of sp³-hybridized carbons (Fsp3) is 0.500. The minimum atomic E-state index is -0.257. The van der Waals surface area contributed by atoms with Gasteiger partial charge < -0.3 is 16.0 Å². The highest BCUT2D eigenvalue weighted by atomic mass is 79.9. The van der Waals surface area contributed by atoms with Crippen molar-refractivity contribution in [3.05, 3.63) is 32.7 Å². The summed E-state index contributed by atoms with van der Waals surface area (Å²) in [5.41, 5.74) is 5.77. The van der Waals surface area contributed by atoms with E-state index in [4.69, 9.17) is 5.73 Å². The highest BCUT2D eigenvalue weighted by molar-refractivity contribution is 9.10. The van der Waals surface area contributed by atoms with Crippen LogP contribution < -0.4 is 16.6 Å². The first kappa shape index (κ1) is 14.9. The highest BCUT2D eigenvalue weighted by Crippen LogP contribution is 2.06. The standard InChI is InChI=1S/C12H18BrN3O2/c1-2-3-4-9(6-14)16-11(17)8-5-10(13)12(18)15-7-8/h5,7,9H,2-4,6,14H2,1H3,(H,15,18)(H,16,17). The van der Waals surface area contributed by atoms with Gasteiger partial charge in [0.2, 0.25) is 0 Å². The molecule has 1 amide bonds. The molecule has 1 aromatic heterocycles. The number of rotatable bonds is 6. The van der Waals surface area contributed by atoms with Crippen LogP contribution in [0.2, 0.25) is 0 Å². The minimum Gasteiger partial charge on any atom is -0.348 e. The van der Waals surface area contributed by atoms with Crippen LogP contribution >= 0.6 is 15.9 Å². The summed E-state index contributed by atoms with van der Waals surface area (Å²) in [7, 11) is 0. The maximum absolute atomic E-state index is 11.9. The number of amides is 1. The van der Waals surface area contributed by atoms with Crippen molar-refractivity contribution in [2.45, 2.75) is 32.2 Å². The Balaban J connectivity index is 2.68. The molecule has 0 aromatic carbocycles. The Morgan fingerprint density at radius 3 is 2.89 bits per heavy atom. The zero-order valence-electron chi connectivity index (χ0n) is 10.3. The van der Waals surface area contributed by atoms with E-state index in [0.29, 0.717) is 16.6 Å². The monoisotopic (exact) mass is 315 g/mol. The molecular weight excluding hydrogens is 298 g/mol. The van der Waals surface area contributed by atoms with Crippen LogP contribution in [0, 0.1) is 0 Å². The summed E-state index contributed by atoms with van der Waals surface area (Å²) in [6.07, 6.45) is 4.35. The molecule has 0 aliphatic heterocycles. The van der Waals surface area contributed by atoms with Crippen LogP contribution in [0.5, 0.6) is 0 Å². The van der Waals surface area contributed by atoms with Gasteiger partial charge in [-0.05, 0) is 28.4 Å². The lowest BCUT2D eigenvalue weighted by Gasteiger charge is -2.16. The quantitative estimate of drug-likeness (QED) is 0.741. The largest absolute Gasteiger partial charge is 0.348 e. The zero-order valence-corrected chi connectivity index (χ0v) is 11.9. The van der Waals surface area contributed by atoms with Gasteiger partial charge in [-0.2, -0.15) is 0 Å². The second kappa shape index (κ2) is 7.33. The number of halogens is 1. The highest BCUT2D eigenvalue weighted by Gasteiger charge is 2.13. The molecule has 100 valence electrons. The Hall–Kier alpha value is -1.14. The Morgan fingerprint density at radius 1 is 1.61 bits per heavy atom. The van der Waals surface area contributed by atoms with E-state index < -0.39 is 0 Å². The van der Waals surface area contributed by atoms with E-state index in [1.807, 2.05) is 0 Å². The molecular formula is C12H18BrN3O2. The molecule has 0 aliphatic carbocycles. The van der Waals surface area contributed by atoms with E-state index in [1.165, 1.54) is 12.3 Å². The summed E-state index contributed by atoms with van der Waals surface area (Å²) in [6.45, 7) is 2.50. The van der Waals surface area contributed by atoms with Crippen molar-refractivity contribution >= 4 is 21.8 Å². The Bertz CT molecular complexity index is 459. The predicted octanol–water partition coefficient (Wildman–Crippen LogP) is 1.38. The second-order valence-electron chi connectivity index (χ2n) is 4.11. The third-order valence-electron chi connectivity index (χ3n) is 2.65. The van der Waals surface area contributed by atoms with Crippen molar-refractivity contribution in [2.24, 2.45) is 5.73 Å². The van der Waals surface area contributed by atoms with Crippen LogP contribution in [0.4, 0.5) is 0 Å². The SMILES string of the molecule is CCCCC(CN)NC(=O)c1c[nH]c(=O)c(Br)c1. The average molecular weight is 316 g/mol. The maximum atomic E-state index is 11.9. The summed E-state index contributed by atoms with van der Waals surface area (Å²) in [5.74, 6) is -0.224. The normalized spacial score (nSPS) is 12.2. The number of unbranched alkanes of at least 4 members (excludes halogenated alkanes) is 1. The van der Waals surface area contributed by atoms with E-state index in [-0.39, 0.29) is 17.5 Å². The van der Waals surface area contributed by atoms with Gasteiger partial charge in [-0.3, -0.25) is 9.59 Å². The summed E-state index contributed by atoms with van der Waals surface area (Å²) in [5, 5.41) is 2.86. The van der Waals surface area contributed by atoms with Crippen LogP contribution in [0.15, 0.2) is 21.5 Å². The molecule has 0 spiro atoms. The number of carbonyl (C=O) groups excluding carboxylic acids is 1. The molecule has 0 bridgehead atoms. The van der Waals surface area contributed by atoms with Gasteiger partial charge in [-0.25, -0.2) is 0 Å². The summed E-state index contributed by atoms with van der Waals surface area (Å²) in [6, 6.07) is 1.48. The third-order valence-corrected chi connectivity index (χ3v) is 3.24. The molecule has 0 aliphatic rings. The topological polar surface area (TPSA) is 88.0 Å². The van der Waals surface area contributed by atoms with Gasteiger partial charge in [0.1, 0.15) is 0 Å². The first-order valence-electron chi connectivity index (χ1n) is 5.97. The molecule has 1 unspecified atom stereocenters. The van der Waals surface area contributed by atoms with Gasteiger partial charge in [0, 0.05) is 18.8 Å². The number of pyridine rings is 1. The van der Waals surface area contributed by atoms with E-state index >= 15 is 0 Å². The fourth-order valence-corrected chi connectivity index (χ4v) is 1.92. The van der Waals surface area contributed by atoms with Gasteiger partial charge in [0.15, 0.2) is 0 Å². The molecule has 0 fully saturated rings. The number of nitrogens with one attached hydrogen (secondary N) is 2. The van der Waals surface area contributed by atoms with Gasteiger partial charge in [-0.15, -0.1) is 0 Å². The molecule has 1 atom stereocenters. The number of H-pyrrole nitrogens is 1. The summed E-state index contributed by atoms with van der Waals surface area (Å²) < 4.78 is 0.341. The molecule has 6 heteroatoms. The van der Waals surface area contributed by atoms with Gasteiger partial charge in [-0.1, -0.05) is 19.8 Å². The van der Waals surface area contributed by atoms with Crippen molar-refractivity contribution in [1.29, 1.82) is 0 Å². The lowest BCUT2D eigenvalue weighted by atomic mass is 10.1. The summed E-state index contributed by atoms with van der Waals surface area (Å²) in [4.78, 5) is 25.6. The molecule has 5 nitrogen and oxygen atoms in total. The van der Waals surface area contributed by atoms with Crippen LogP contribution in [-0.4, -0.2) is 23.5 Å². The van der Waals surface area contributed by atoms with E-state index in [9.17, 15) is 9.59 Å². The van der Waals surface area contributed by atoms with Crippen LogP contribution in [-0.2, 0) is 0 Å². The fourth-order valence-electron chi connectivity index (χ4n) is 1.56. The van der Waals surface area contributed by atoms with E-state index in [0.717, 1.165) is 19.3 Å². The smallest absolute Gasteiger partial charge is 0.262 e. The molecule has 0 saturated carbocycles. The van der Waals surface area contributed by atoms with Crippen molar-refractivity contribution in [3.63, 3.8) is 0 Å². The van der Waals surface area contributed by atoms with E-state index in [1.54, 1.807) is 0 Å². The lowest BCUT2D eigenvalue weighted by molar-refractivity contribution is 0.0935. The minimum absolute atomic E-state index is 0.0249. The number of nitrogens with two attached hydrogens (primary N) is 1. The average Bonchev–Trinajstić information content (AvgIpc) is 2.37. The van der Waals surface area contributed by atoms with Crippen LogP contribution in [0.3, 0.4) is 0 Å². The van der Waals surface area contributed by atoms with Gasteiger partial charge in [0.25, 0.3) is 11.5 Å². The lowest BCUT2D eigenvalue weighted by Crippen LogP contribution is -2.40. The third kappa shape index (κ3) is 4.27. The predicted molar refractivity (Wildman–Crippen MR) is 74.6 cm³/mol. The van der Waals surface area contributed by atoms with Crippen LogP contribution in [0.1, 0.15) is 36.5 Å². The number of carbonyl (C=O) groups is 1. The molecule has 1 aromatic rings. The molecule has 4 N–H and O–H groups in total. The molecule has 1 rings (SSSR count). The van der Waals surface area contributed by atoms with Crippen molar-refractivity contribution in [2.75, 3.05) is 6.54 Å². The molecule has 0 radical (unpaired) electrons. The number of aromatic nitrogens is 1. The van der Waals surface area contributed by atoms with Crippen LogP contribution in [0.25, 0.3) is 0 Å². The number of aromatic amines is 1. The first-order chi connectivity index (χ1) is 8.58. The van der Waals surface area contributed by atoms with Crippen molar-refractivity contribution in [1.82, 2.24) is 10.3 Å². The van der Waals surface area contributed by atoms with E-state index in [2.05, 4.69) is 33.2 Å². The second-order valence-corrected chi connectivity index (χ2v) is 4.97. The first-order valence-corrected chi connectivity index (χ1v) is 6.77. The summed E-state index contributed by atoms with van der Waals surface area (Å²) >= 11 is 3.09. The van der Waals surface area contributed by atoms with Gasteiger partial charge in [0.05, 0.1) is 10.0 Å². The van der Waals surface area contributed by atoms with Crippen molar-refractivity contribution < 1.29 is 4.79 Å². The number of hydrogen-bond acceptors (Lipinski definition) is 3. The number of hydrogen-bond donors (Lipinski definition) is 3. The molecule has 1 heterocycles. The Labute approximate surface area is 114 Å². The van der Waals surface area contributed by atoms with Crippen molar-refractivity contribution in [3.8, 4) is 0 Å².